The molecule has 1 saturated carbocycles. The maximum atomic E-state index is 14.9. The van der Waals surface area contributed by atoms with Gasteiger partial charge >= 0.3 is 0 Å². The van der Waals surface area contributed by atoms with E-state index < -0.39 is 17.5 Å². The van der Waals surface area contributed by atoms with Crippen LogP contribution in [0.4, 0.5) is 19.0 Å². The average molecular weight is 368 g/mol. The lowest BCUT2D eigenvalue weighted by Crippen LogP contribution is -2.59. The first-order chi connectivity index (χ1) is 12.3. The molecule has 3 heterocycles. The molecule has 1 aliphatic carbocycles. The lowest BCUT2D eigenvalue weighted by molar-refractivity contribution is -0.173. The van der Waals surface area contributed by atoms with Crippen LogP contribution in [0.1, 0.15) is 31.4 Å². The van der Waals surface area contributed by atoms with Gasteiger partial charge in [-0.05, 0) is 38.3 Å². The summed E-state index contributed by atoms with van der Waals surface area (Å²) < 4.78 is 42.8. The fourth-order valence-electron chi connectivity index (χ4n) is 4.35. The molecule has 0 radical (unpaired) electrons. The first-order valence-corrected chi connectivity index (χ1v) is 9.16. The first kappa shape index (κ1) is 17.5. The number of amides is 1. The third-order valence-electron chi connectivity index (χ3n) is 6.17. The Hall–Kier alpha value is -1.86. The second-order valence-electron chi connectivity index (χ2n) is 7.96. The van der Waals surface area contributed by atoms with Crippen LogP contribution in [0.3, 0.4) is 0 Å². The number of aromatic nitrogens is 2. The molecular formula is C18H23F3N4O. The standard InChI is InChI=1S/C18H23F3N4O/c1-12-2-3-15(23-22-12)24-6-4-17(10-24)11-25(7-5-18(17,20)21)16(26)13-8-14(19)9-13/h2-3,13-14H,4-11H2,1H3. The fraction of sp³-hybridized carbons (Fsp3) is 0.722. The normalized spacial score (nSPS) is 33.4. The lowest BCUT2D eigenvalue weighted by atomic mass is 9.74. The van der Waals surface area contributed by atoms with Gasteiger partial charge in [0, 0.05) is 38.5 Å². The Labute approximate surface area is 150 Å². The Morgan fingerprint density at radius 2 is 1.92 bits per heavy atom. The molecule has 4 rings (SSSR count). The molecule has 5 nitrogen and oxygen atoms in total. The molecule has 2 aliphatic heterocycles. The van der Waals surface area contributed by atoms with Crippen LogP contribution in [0.25, 0.3) is 0 Å². The number of hydrogen-bond donors (Lipinski definition) is 0. The molecule has 2 saturated heterocycles. The van der Waals surface area contributed by atoms with Gasteiger partial charge in [0.05, 0.1) is 11.1 Å². The monoisotopic (exact) mass is 368 g/mol. The van der Waals surface area contributed by atoms with E-state index in [2.05, 4.69) is 10.2 Å². The Bertz CT molecular complexity index is 692. The largest absolute Gasteiger partial charge is 0.354 e. The van der Waals surface area contributed by atoms with Gasteiger partial charge in [-0.25, -0.2) is 13.2 Å². The maximum absolute atomic E-state index is 14.9. The highest BCUT2D eigenvalue weighted by molar-refractivity contribution is 5.80. The molecule has 1 aromatic rings. The average Bonchev–Trinajstić information content (AvgIpc) is 3.00. The second kappa shape index (κ2) is 6.09. The molecule has 8 heteroatoms. The molecule has 3 fully saturated rings. The Kier molecular flexibility index (Phi) is 4.11. The van der Waals surface area contributed by atoms with Crippen molar-refractivity contribution in [2.24, 2.45) is 11.3 Å². The van der Waals surface area contributed by atoms with Crippen molar-refractivity contribution in [1.82, 2.24) is 15.1 Å². The van der Waals surface area contributed by atoms with Crippen molar-refractivity contribution in [1.29, 1.82) is 0 Å². The zero-order valence-electron chi connectivity index (χ0n) is 14.8. The van der Waals surface area contributed by atoms with Crippen molar-refractivity contribution in [2.75, 3.05) is 31.1 Å². The van der Waals surface area contributed by atoms with Gasteiger partial charge in [0.15, 0.2) is 5.82 Å². The second-order valence-corrected chi connectivity index (χ2v) is 7.96. The summed E-state index contributed by atoms with van der Waals surface area (Å²) in [6.45, 7) is 2.51. The third-order valence-corrected chi connectivity index (χ3v) is 6.17. The summed E-state index contributed by atoms with van der Waals surface area (Å²) in [7, 11) is 0. The predicted molar refractivity (Wildman–Crippen MR) is 89.8 cm³/mol. The van der Waals surface area contributed by atoms with E-state index in [-0.39, 0.29) is 50.7 Å². The number of alkyl halides is 3. The molecule has 142 valence electrons. The number of carbonyl (C=O) groups excluding carboxylic acids is 1. The van der Waals surface area contributed by atoms with E-state index >= 15 is 0 Å². The SMILES string of the molecule is Cc1ccc(N2CCC3(CN(C(=O)C4CC(F)C4)CCC3(F)F)C2)nn1. The summed E-state index contributed by atoms with van der Waals surface area (Å²) in [4.78, 5) is 15.9. The number of aryl methyl sites for hydroxylation is 1. The Balaban J connectivity index is 1.51. The number of rotatable bonds is 2. The molecule has 3 aliphatic rings. The van der Waals surface area contributed by atoms with Crippen LogP contribution < -0.4 is 4.90 Å². The minimum atomic E-state index is -2.83. The highest BCUT2D eigenvalue weighted by Crippen LogP contribution is 2.50. The highest BCUT2D eigenvalue weighted by Gasteiger charge is 2.60. The van der Waals surface area contributed by atoms with E-state index in [1.807, 2.05) is 17.9 Å². The van der Waals surface area contributed by atoms with Crippen LogP contribution in [0.2, 0.25) is 0 Å². The number of carbonyl (C=O) groups is 1. The van der Waals surface area contributed by atoms with Crippen LogP contribution in [0, 0.1) is 18.3 Å². The van der Waals surface area contributed by atoms with E-state index in [0.29, 0.717) is 18.8 Å². The smallest absolute Gasteiger partial charge is 0.258 e. The number of anilines is 1. The highest BCUT2D eigenvalue weighted by atomic mass is 19.3. The quantitative estimate of drug-likeness (QED) is 0.805. The van der Waals surface area contributed by atoms with Crippen LogP contribution in [-0.4, -0.2) is 59.3 Å². The zero-order chi connectivity index (χ0) is 18.5. The van der Waals surface area contributed by atoms with Gasteiger partial charge in [-0.1, -0.05) is 0 Å². The maximum Gasteiger partial charge on any atom is 0.258 e. The van der Waals surface area contributed by atoms with Crippen molar-refractivity contribution in [3.05, 3.63) is 17.8 Å². The summed E-state index contributed by atoms with van der Waals surface area (Å²) in [6, 6.07) is 3.60. The first-order valence-electron chi connectivity index (χ1n) is 9.16. The van der Waals surface area contributed by atoms with Crippen molar-refractivity contribution < 1.29 is 18.0 Å². The topological polar surface area (TPSA) is 49.3 Å². The minimum Gasteiger partial charge on any atom is -0.354 e. The molecule has 0 N–H and O–H groups in total. The predicted octanol–water partition coefficient (Wildman–Crippen LogP) is 2.60. The minimum absolute atomic E-state index is 0.0298. The van der Waals surface area contributed by atoms with Crippen molar-refractivity contribution in [3.63, 3.8) is 0 Å². The number of likely N-dealkylation sites (tertiary alicyclic amines) is 1. The number of halogens is 3. The van der Waals surface area contributed by atoms with Gasteiger partial charge in [0.1, 0.15) is 6.17 Å². The molecular weight excluding hydrogens is 345 g/mol. The Morgan fingerprint density at radius 1 is 1.15 bits per heavy atom. The Morgan fingerprint density at radius 3 is 2.58 bits per heavy atom. The molecule has 1 unspecified atom stereocenters. The van der Waals surface area contributed by atoms with Crippen molar-refractivity contribution >= 4 is 11.7 Å². The van der Waals surface area contributed by atoms with E-state index in [1.54, 1.807) is 6.07 Å². The number of nitrogens with zero attached hydrogens (tertiary/aromatic N) is 4. The molecule has 0 bridgehead atoms. The summed E-state index contributed by atoms with van der Waals surface area (Å²) in [6.07, 6.45) is -0.507. The summed E-state index contributed by atoms with van der Waals surface area (Å²) in [5.41, 5.74) is -0.499. The summed E-state index contributed by atoms with van der Waals surface area (Å²) in [5.74, 6) is -2.75. The molecule has 1 aromatic heterocycles. The van der Waals surface area contributed by atoms with Gasteiger partial charge < -0.3 is 9.80 Å². The van der Waals surface area contributed by atoms with Crippen molar-refractivity contribution in [3.8, 4) is 0 Å². The lowest BCUT2D eigenvalue weighted by Gasteiger charge is -2.47. The fourth-order valence-corrected chi connectivity index (χ4v) is 4.35. The van der Waals surface area contributed by atoms with Gasteiger partial charge in [-0.15, -0.1) is 5.10 Å². The van der Waals surface area contributed by atoms with Gasteiger partial charge in [-0.2, -0.15) is 5.10 Å². The number of hydrogen-bond acceptors (Lipinski definition) is 4. The van der Waals surface area contributed by atoms with Crippen LogP contribution in [-0.2, 0) is 4.79 Å². The van der Waals surface area contributed by atoms with Gasteiger partial charge in [0.25, 0.3) is 5.92 Å². The van der Waals surface area contributed by atoms with Crippen LogP contribution in [0.5, 0.6) is 0 Å². The molecule has 26 heavy (non-hydrogen) atoms. The van der Waals surface area contributed by atoms with Crippen molar-refractivity contribution in [2.45, 2.75) is 44.7 Å². The van der Waals surface area contributed by atoms with E-state index in [1.165, 1.54) is 4.90 Å². The molecule has 1 atom stereocenters. The summed E-state index contributed by atoms with van der Waals surface area (Å²) >= 11 is 0. The molecule has 1 spiro atoms. The number of piperidine rings is 1. The van der Waals surface area contributed by atoms with Crippen LogP contribution in [0.15, 0.2) is 12.1 Å². The molecule has 1 amide bonds. The van der Waals surface area contributed by atoms with Crippen LogP contribution >= 0.6 is 0 Å². The van der Waals surface area contributed by atoms with E-state index in [9.17, 15) is 18.0 Å². The zero-order valence-corrected chi connectivity index (χ0v) is 14.8. The molecule has 0 aromatic carbocycles. The van der Waals surface area contributed by atoms with E-state index in [4.69, 9.17) is 0 Å². The van der Waals surface area contributed by atoms with E-state index in [0.717, 1.165) is 5.69 Å². The van der Waals surface area contributed by atoms with Gasteiger partial charge in [-0.3, -0.25) is 4.79 Å². The summed E-state index contributed by atoms with van der Waals surface area (Å²) in [5, 5.41) is 8.11. The third kappa shape index (κ3) is 2.83. The van der Waals surface area contributed by atoms with Gasteiger partial charge in [0.2, 0.25) is 5.91 Å².